The maximum atomic E-state index is 13.3. The molecule has 2 aromatic carbocycles. The van der Waals surface area contributed by atoms with E-state index in [0.29, 0.717) is 13.0 Å². The van der Waals surface area contributed by atoms with Gasteiger partial charge in [0.1, 0.15) is 11.2 Å². The van der Waals surface area contributed by atoms with Gasteiger partial charge in [0.2, 0.25) is 0 Å². The Hall–Kier alpha value is -3.28. The van der Waals surface area contributed by atoms with Gasteiger partial charge in [-0.3, -0.25) is 4.90 Å². The molecule has 6 nitrogen and oxygen atoms in total. The van der Waals surface area contributed by atoms with Crippen LogP contribution < -0.4 is 5.32 Å². The van der Waals surface area contributed by atoms with Crippen LogP contribution >= 0.6 is 0 Å². The summed E-state index contributed by atoms with van der Waals surface area (Å²) in [5.41, 5.74) is 0.906. The lowest BCUT2D eigenvalue weighted by molar-refractivity contribution is 0.0171. The Morgan fingerprint density at radius 1 is 0.838 bits per heavy atom. The molecule has 0 unspecified atom stereocenters. The lowest BCUT2D eigenvalue weighted by Crippen LogP contribution is -2.43. The second kappa shape index (κ2) is 13.9. The van der Waals surface area contributed by atoms with Crippen LogP contribution in [0.2, 0.25) is 0 Å². The quantitative estimate of drug-likeness (QED) is 0.342. The Bertz CT molecular complexity index is 991. The molecule has 2 aromatic rings. The van der Waals surface area contributed by atoms with E-state index in [1.165, 1.54) is 0 Å². The zero-order chi connectivity index (χ0) is 27.5. The van der Waals surface area contributed by atoms with E-state index in [9.17, 15) is 9.59 Å². The predicted molar refractivity (Wildman–Crippen MR) is 149 cm³/mol. The smallest absolute Gasteiger partial charge is 0.411 e. The van der Waals surface area contributed by atoms with Crippen molar-refractivity contribution in [3.05, 3.63) is 83.9 Å². The summed E-state index contributed by atoms with van der Waals surface area (Å²) >= 11 is 0. The first-order valence-corrected chi connectivity index (χ1v) is 13.1. The van der Waals surface area contributed by atoms with Crippen LogP contribution in [0.4, 0.5) is 9.59 Å². The molecule has 2 atom stereocenters. The number of hydrogen-bond acceptors (Lipinski definition) is 4. The van der Waals surface area contributed by atoms with Gasteiger partial charge >= 0.3 is 12.2 Å². The maximum absolute atomic E-state index is 13.3. The van der Waals surface area contributed by atoms with Gasteiger partial charge < -0.3 is 14.8 Å². The van der Waals surface area contributed by atoms with Gasteiger partial charge in [0, 0.05) is 6.54 Å². The number of nitrogens with one attached hydrogen (secondary N) is 1. The minimum Gasteiger partial charge on any atom is -0.444 e. The number of nitrogens with zero attached hydrogens (tertiary/aromatic N) is 1. The fraction of sp³-hybridized carbons (Fsp3) is 0.484. The van der Waals surface area contributed by atoms with E-state index in [-0.39, 0.29) is 18.2 Å². The topological polar surface area (TPSA) is 67.9 Å². The van der Waals surface area contributed by atoms with E-state index in [1.807, 2.05) is 114 Å². The summed E-state index contributed by atoms with van der Waals surface area (Å²) in [5, 5.41) is 2.99. The van der Waals surface area contributed by atoms with Gasteiger partial charge in [-0.15, -0.1) is 0 Å². The molecule has 0 spiro atoms. The molecule has 0 aliphatic carbocycles. The number of hydrogen-bond donors (Lipinski definition) is 1. The minimum atomic E-state index is -0.611. The first-order valence-electron chi connectivity index (χ1n) is 13.1. The van der Waals surface area contributed by atoms with E-state index < -0.39 is 17.3 Å². The zero-order valence-electron chi connectivity index (χ0n) is 23.5. The van der Waals surface area contributed by atoms with Gasteiger partial charge in [0.05, 0.1) is 12.1 Å². The Kier molecular flexibility index (Phi) is 11.2. The molecule has 37 heavy (non-hydrogen) atoms. The number of alkyl carbamates (subject to hydrolysis) is 1. The molecule has 2 rings (SSSR count). The number of rotatable bonds is 10. The van der Waals surface area contributed by atoms with Crippen LogP contribution in [0.1, 0.15) is 72.4 Å². The summed E-state index contributed by atoms with van der Waals surface area (Å²) in [6.07, 6.45) is 5.39. The van der Waals surface area contributed by atoms with Crippen LogP contribution in [-0.4, -0.2) is 40.4 Å². The Morgan fingerprint density at radius 2 is 1.38 bits per heavy atom. The van der Waals surface area contributed by atoms with Crippen molar-refractivity contribution in [2.45, 2.75) is 97.6 Å². The molecular formula is C31H44N2O4. The van der Waals surface area contributed by atoms with Crippen molar-refractivity contribution in [2.24, 2.45) is 0 Å². The number of ether oxygens (including phenoxy) is 2. The average molecular weight is 509 g/mol. The van der Waals surface area contributed by atoms with Crippen LogP contribution in [0.5, 0.6) is 0 Å². The second-order valence-electron chi connectivity index (χ2n) is 11.3. The highest BCUT2D eigenvalue weighted by atomic mass is 16.6. The molecule has 0 radical (unpaired) electrons. The van der Waals surface area contributed by atoms with E-state index in [2.05, 4.69) is 12.2 Å². The number of carbonyl (C=O) groups is 2. The SMILES string of the molecule is CCC[C@@H](C=C[C@H](Cc1ccccc1)NC(=O)OC(C)(C)C)N(Cc1ccccc1)C(=O)OC(C)(C)C. The fourth-order valence-corrected chi connectivity index (χ4v) is 3.83. The summed E-state index contributed by atoms with van der Waals surface area (Å²) in [6.45, 7) is 13.7. The lowest BCUT2D eigenvalue weighted by Gasteiger charge is -2.32. The Balaban J connectivity index is 2.34. The van der Waals surface area contributed by atoms with Crippen molar-refractivity contribution in [1.82, 2.24) is 10.2 Å². The molecule has 202 valence electrons. The highest BCUT2D eigenvalue weighted by Crippen LogP contribution is 2.19. The van der Waals surface area contributed by atoms with E-state index in [1.54, 1.807) is 4.90 Å². The van der Waals surface area contributed by atoms with Gasteiger partial charge in [-0.2, -0.15) is 0 Å². The van der Waals surface area contributed by atoms with Crippen molar-refractivity contribution < 1.29 is 19.1 Å². The van der Waals surface area contributed by atoms with E-state index in [0.717, 1.165) is 24.0 Å². The van der Waals surface area contributed by atoms with E-state index >= 15 is 0 Å². The number of amides is 2. The largest absolute Gasteiger partial charge is 0.444 e. The summed E-state index contributed by atoms with van der Waals surface area (Å²) in [6, 6.07) is 19.4. The van der Waals surface area contributed by atoms with Crippen molar-refractivity contribution in [3.63, 3.8) is 0 Å². The Morgan fingerprint density at radius 3 is 1.89 bits per heavy atom. The van der Waals surface area contributed by atoms with Crippen LogP contribution in [0.25, 0.3) is 0 Å². The van der Waals surface area contributed by atoms with Crippen LogP contribution in [0.3, 0.4) is 0 Å². The molecule has 0 aliphatic heterocycles. The summed E-state index contributed by atoms with van der Waals surface area (Å²) in [5.74, 6) is 0. The van der Waals surface area contributed by atoms with Crippen molar-refractivity contribution in [1.29, 1.82) is 0 Å². The van der Waals surface area contributed by atoms with Gasteiger partial charge in [0.15, 0.2) is 0 Å². The predicted octanol–water partition coefficient (Wildman–Crippen LogP) is 7.28. The van der Waals surface area contributed by atoms with Crippen molar-refractivity contribution in [2.75, 3.05) is 0 Å². The third-order valence-corrected chi connectivity index (χ3v) is 5.37. The molecule has 0 saturated carbocycles. The lowest BCUT2D eigenvalue weighted by atomic mass is 10.0. The Labute approximate surface area is 223 Å². The van der Waals surface area contributed by atoms with Gasteiger partial charge in [-0.1, -0.05) is 86.2 Å². The number of benzene rings is 2. The highest BCUT2D eigenvalue weighted by molar-refractivity contribution is 5.69. The molecular weight excluding hydrogens is 464 g/mol. The average Bonchev–Trinajstić information content (AvgIpc) is 2.79. The summed E-state index contributed by atoms with van der Waals surface area (Å²) in [7, 11) is 0. The molecule has 1 N–H and O–H groups in total. The van der Waals surface area contributed by atoms with E-state index in [4.69, 9.17) is 9.47 Å². The number of carbonyl (C=O) groups excluding carboxylic acids is 2. The molecule has 0 fully saturated rings. The van der Waals surface area contributed by atoms with Crippen molar-refractivity contribution >= 4 is 12.2 Å². The third-order valence-electron chi connectivity index (χ3n) is 5.37. The minimum absolute atomic E-state index is 0.209. The standard InChI is InChI=1S/C31H44N2O4/c1-8-15-27(33(29(35)37-31(5,6)7)23-25-18-13-10-14-19-25)21-20-26(22-24-16-11-9-12-17-24)32-28(34)36-30(2,3)4/h9-14,16-21,26-27H,8,15,22-23H2,1-7H3,(H,32,34)/t26-,27+/m1/s1. The second-order valence-corrected chi connectivity index (χ2v) is 11.3. The van der Waals surface area contributed by atoms with Gasteiger partial charge in [0.25, 0.3) is 0 Å². The molecule has 0 heterocycles. The van der Waals surface area contributed by atoms with Crippen LogP contribution in [0, 0.1) is 0 Å². The fourth-order valence-electron chi connectivity index (χ4n) is 3.83. The molecule has 0 aromatic heterocycles. The van der Waals surface area contributed by atoms with Crippen LogP contribution in [0.15, 0.2) is 72.8 Å². The van der Waals surface area contributed by atoms with Gasteiger partial charge in [-0.05, 0) is 65.5 Å². The monoisotopic (exact) mass is 508 g/mol. The molecule has 0 aliphatic rings. The molecule has 0 saturated heterocycles. The summed E-state index contributed by atoms with van der Waals surface area (Å²) in [4.78, 5) is 27.7. The molecule has 6 heteroatoms. The first kappa shape index (κ1) is 29.9. The maximum Gasteiger partial charge on any atom is 0.411 e. The highest BCUT2D eigenvalue weighted by Gasteiger charge is 2.27. The van der Waals surface area contributed by atoms with Gasteiger partial charge in [-0.25, -0.2) is 9.59 Å². The normalized spacial score (nSPS) is 13.6. The van der Waals surface area contributed by atoms with Crippen molar-refractivity contribution in [3.8, 4) is 0 Å². The first-order chi connectivity index (χ1) is 17.4. The van der Waals surface area contributed by atoms with Crippen LogP contribution in [-0.2, 0) is 22.4 Å². The zero-order valence-corrected chi connectivity index (χ0v) is 23.5. The molecule has 0 bridgehead atoms. The third kappa shape index (κ3) is 12.0. The summed E-state index contributed by atoms with van der Waals surface area (Å²) < 4.78 is 11.3. The molecule has 2 amide bonds.